The van der Waals surface area contributed by atoms with E-state index in [-0.39, 0.29) is 5.92 Å². The molecule has 0 aromatic rings. The van der Waals surface area contributed by atoms with E-state index in [0.29, 0.717) is 11.3 Å². The van der Waals surface area contributed by atoms with Gasteiger partial charge in [-0.2, -0.15) is 0 Å². The van der Waals surface area contributed by atoms with Crippen molar-refractivity contribution in [2.45, 2.75) is 26.7 Å². The van der Waals surface area contributed by atoms with Gasteiger partial charge in [-0.05, 0) is 19.1 Å². The fraction of sp³-hybridized carbons (Fsp3) is 0.917. The van der Waals surface area contributed by atoms with Gasteiger partial charge in [-0.1, -0.05) is 25.8 Å². The first-order chi connectivity index (χ1) is 7.56. The summed E-state index contributed by atoms with van der Waals surface area (Å²) in [5.74, 6) is 0.488. The van der Waals surface area contributed by atoms with Crippen molar-refractivity contribution in [3.8, 4) is 0 Å². The van der Waals surface area contributed by atoms with Crippen LogP contribution in [0.25, 0.3) is 0 Å². The molecule has 1 amide bonds. The van der Waals surface area contributed by atoms with Gasteiger partial charge in [0.1, 0.15) is 0 Å². The topological polar surface area (TPSA) is 23.6 Å². The SMILES string of the molecule is CSN1CCC2(CC1)CN(C(=O)C(C)C)C2. The van der Waals surface area contributed by atoms with Gasteiger partial charge in [-0.3, -0.25) is 9.10 Å². The minimum absolute atomic E-state index is 0.156. The standard InChI is InChI=1S/C12H22N2OS/c1-10(2)11(15)13-8-12(9-13)4-6-14(16-3)7-5-12/h10H,4-9H2,1-3H3. The number of amides is 1. The number of likely N-dealkylation sites (tertiary alicyclic amines) is 1. The number of rotatable bonds is 2. The Labute approximate surface area is 103 Å². The van der Waals surface area contributed by atoms with Crippen LogP contribution in [-0.4, -0.2) is 47.5 Å². The number of carbonyl (C=O) groups excluding carboxylic acids is 1. The summed E-state index contributed by atoms with van der Waals surface area (Å²) in [7, 11) is 0. The van der Waals surface area contributed by atoms with Gasteiger partial charge in [0, 0.05) is 37.5 Å². The largest absolute Gasteiger partial charge is 0.341 e. The maximum absolute atomic E-state index is 11.8. The van der Waals surface area contributed by atoms with Crippen molar-refractivity contribution in [2.75, 3.05) is 32.4 Å². The fourth-order valence-corrected chi connectivity index (χ4v) is 3.29. The maximum Gasteiger partial charge on any atom is 0.225 e. The van der Waals surface area contributed by atoms with Crippen LogP contribution in [0.5, 0.6) is 0 Å². The van der Waals surface area contributed by atoms with E-state index in [9.17, 15) is 4.79 Å². The van der Waals surface area contributed by atoms with Gasteiger partial charge in [-0.15, -0.1) is 0 Å². The van der Waals surface area contributed by atoms with Gasteiger partial charge in [0.25, 0.3) is 0 Å². The van der Waals surface area contributed by atoms with Crippen LogP contribution >= 0.6 is 11.9 Å². The average Bonchev–Trinajstić information content (AvgIpc) is 2.25. The lowest BCUT2D eigenvalue weighted by atomic mass is 9.72. The van der Waals surface area contributed by atoms with Gasteiger partial charge < -0.3 is 4.90 Å². The fourth-order valence-electron chi connectivity index (χ4n) is 2.74. The second-order valence-corrected chi connectivity index (χ2v) is 6.34. The third kappa shape index (κ3) is 2.23. The Kier molecular flexibility index (Phi) is 3.50. The molecular formula is C12H22N2OS. The van der Waals surface area contributed by atoms with Crippen LogP contribution in [0.1, 0.15) is 26.7 Å². The van der Waals surface area contributed by atoms with Gasteiger partial charge in [0.2, 0.25) is 5.91 Å². The van der Waals surface area contributed by atoms with Crippen molar-refractivity contribution in [3.05, 3.63) is 0 Å². The van der Waals surface area contributed by atoms with Crippen molar-refractivity contribution in [2.24, 2.45) is 11.3 Å². The predicted octanol–water partition coefficient (Wildman–Crippen LogP) is 1.84. The molecule has 3 nitrogen and oxygen atoms in total. The van der Waals surface area contributed by atoms with Gasteiger partial charge in [0.05, 0.1) is 0 Å². The lowest BCUT2D eigenvalue weighted by Crippen LogP contribution is -2.62. The Morgan fingerprint density at radius 2 is 1.81 bits per heavy atom. The minimum atomic E-state index is 0.156. The van der Waals surface area contributed by atoms with Crippen LogP contribution in [0.3, 0.4) is 0 Å². The van der Waals surface area contributed by atoms with E-state index in [0.717, 1.165) is 13.1 Å². The molecule has 0 N–H and O–H groups in total. The summed E-state index contributed by atoms with van der Waals surface area (Å²) in [5.41, 5.74) is 0.469. The Balaban J connectivity index is 1.81. The molecule has 0 atom stereocenters. The first-order valence-corrected chi connectivity index (χ1v) is 7.32. The Morgan fingerprint density at radius 3 is 2.25 bits per heavy atom. The molecule has 0 aliphatic carbocycles. The van der Waals surface area contributed by atoms with Crippen LogP contribution in [0.2, 0.25) is 0 Å². The highest BCUT2D eigenvalue weighted by molar-refractivity contribution is 7.96. The molecule has 0 saturated carbocycles. The van der Waals surface area contributed by atoms with E-state index in [4.69, 9.17) is 0 Å². The summed E-state index contributed by atoms with van der Waals surface area (Å²) in [6, 6.07) is 0. The van der Waals surface area contributed by atoms with Crippen LogP contribution in [0.4, 0.5) is 0 Å². The van der Waals surface area contributed by atoms with E-state index in [1.54, 1.807) is 0 Å². The van der Waals surface area contributed by atoms with Crippen molar-refractivity contribution >= 4 is 17.9 Å². The van der Waals surface area contributed by atoms with Crippen LogP contribution in [0.15, 0.2) is 0 Å². The molecule has 0 aromatic carbocycles. The number of nitrogens with zero attached hydrogens (tertiary/aromatic N) is 2. The zero-order valence-corrected chi connectivity index (χ0v) is 11.3. The summed E-state index contributed by atoms with van der Waals surface area (Å²) in [6.45, 7) is 8.36. The Morgan fingerprint density at radius 1 is 1.25 bits per heavy atom. The summed E-state index contributed by atoms with van der Waals surface area (Å²) < 4.78 is 2.43. The summed E-state index contributed by atoms with van der Waals surface area (Å²) >= 11 is 1.85. The summed E-state index contributed by atoms with van der Waals surface area (Å²) in [4.78, 5) is 13.8. The lowest BCUT2D eigenvalue weighted by molar-refractivity contribution is -0.149. The molecule has 92 valence electrons. The van der Waals surface area contributed by atoms with E-state index in [2.05, 4.69) is 10.6 Å². The smallest absolute Gasteiger partial charge is 0.225 e. The van der Waals surface area contributed by atoms with E-state index < -0.39 is 0 Å². The number of carbonyl (C=O) groups is 1. The molecule has 4 heteroatoms. The molecule has 0 radical (unpaired) electrons. The maximum atomic E-state index is 11.8. The highest BCUT2D eigenvalue weighted by Gasteiger charge is 2.46. The van der Waals surface area contributed by atoms with Gasteiger partial charge in [-0.25, -0.2) is 0 Å². The molecule has 2 aliphatic heterocycles. The van der Waals surface area contributed by atoms with Crippen molar-refractivity contribution in [1.29, 1.82) is 0 Å². The number of hydrogen-bond acceptors (Lipinski definition) is 3. The molecule has 2 heterocycles. The van der Waals surface area contributed by atoms with Crippen LogP contribution < -0.4 is 0 Å². The zero-order chi connectivity index (χ0) is 11.8. The first-order valence-electron chi connectivity index (χ1n) is 6.14. The van der Waals surface area contributed by atoms with Crippen LogP contribution in [-0.2, 0) is 4.79 Å². The van der Waals surface area contributed by atoms with E-state index in [1.165, 1.54) is 25.9 Å². The predicted molar refractivity (Wildman–Crippen MR) is 68.2 cm³/mol. The molecule has 0 aromatic heterocycles. The normalized spacial score (nSPS) is 24.9. The molecule has 2 rings (SSSR count). The van der Waals surface area contributed by atoms with Crippen molar-refractivity contribution < 1.29 is 4.79 Å². The Bertz CT molecular complexity index is 264. The summed E-state index contributed by atoms with van der Waals surface area (Å²) in [5, 5.41) is 0. The number of piperidine rings is 1. The minimum Gasteiger partial charge on any atom is -0.341 e. The molecule has 0 unspecified atom stereocenters. The first kappa shape index (κ1) is 12.2. The average molecular weight is 242 g/mol. The van der Waals surface area contributed by atoms with Crippen molar-refractivity contribution in [1.82, 2.24) is 9.21 Å². The molecule has 1 spiro atoms. The molecule has 16 heavy (non-hydrogen) atoms. The molecule has 0 bridgehead atoms. The second kappa shape index (κ2) is 4.57. The molecule has 2 saturated heterocycles. The van der Waals surface area contributed by atoms with Gasteiger partial charge >= 0.3 is 0 Å². The lowest BCUT2D eigenvalue weighted by Gasteiger charge is -2.54. The highest BCUT2D eigenvalue weighted by atomic mass is 32.2. The van der Waals surface area contributed by atoms with Crippen molar-refractivity contribution in [3.63, 3.8) is 0 Å². The zero-order valence-electron chi connectivity index (χ0n) is 10.5. The quantitative estimate of drug-likeness (QED) is 0.690. The van der Waals surface area contributed by atoms with E-state index in [1.807, 2.05) is 30.7 Å². The summed E-state index contributed by atoms with van der Waals surface area (Å²) in [6.07, 6.45) is 4.67. The Hall–Kier alpha value is -0.220. The monoisotopic (exact) mass is 242 g/mol. The van der Waals surface area contributed by atoms with Crippen LogP contribution in [0, 0.1) is 11.3 Å². The number of hydrogen-bond donors (Lipinski definition) is 0. The molecule has 2 aliphatic rings. The molecular weight excluding hydrogens is 220 g/mol. The van der Waals surface area contributed by atoms with Gasteiger partial charge in [0.15, 0.2) is 0 Å². The molecule has 2 fully saturated rings. The van der Waals surface area contributed by atoms with E-state index >= 15 is 0 Å². The third-order valence-corrected chi connectivity index (χ3v) is 4.78. The second-order valence-electron chi connectivity index (χ2n) is 5.46. The highest BCUT2D eigenvalue weighted by Crippen LogP contribution is 2.41. The third-order valence-electron chi connectivity index (χ3n) is 3.90.